The van der Waals surface area contributed by atoms with Crippen molar-refractivity contribution in [2.75, 3.05) is 6.61 Å². The van der Waals surface area contributed by atoms with Gasteiger partial charge in [-0.05, 0) is 60.9 Å². The molecule has 0 unspecified atom stereocenters. The number of rotatable bonds is 12. The van der Waals surface area contributed by atoms with Gasteiger partial charge in [0.05, 0.1) is 12.8 Å². The minimum Gasteiger partial charge on any atom is -0.490 e. The molecule has 0 saturated carbocycles. The summed E-state index contributed by atoms with van der Waals surface area (Å²) in [5.41, 5.74) is 3.01. The average molecular weight is 600 g/mol. The van der Waals surface area contributed by atoms with Gasteiger partial charge in [0, 0.05) is 27.2 Å². The summed E-state index contributed by atoms with van der Waals surface area (Å²) < 4.78 is 14.8. The van der Waals surface area contributed by atoms with Crippen molar-refractivity contribution in [2.45, 2.75) is 44.2 Å². The fourth-order valence-corrected chi connectivity index (χ4v) is 4.81. The minimum absolute atomic E-state index is 0.354. The predicted octanol–water partition coefficient (Wildman–Crippen LogP) is 7.80. The highest BCUT2D eigenvalue weighted by atomic mass is 79.9. The molecule has 0 N–H and O–H groups in total. The van der Waals surface area contributed by atoms with Crippen molar-refractivity contribution in [1.29, 1.82) is 0 Å². The van der Waals surface area contributed by atoms with Gasteiger partial charge in [-0.2, -0.15) is 9.78 Å². The maximum absolute atomic E-state index is 6.27. The van der Waals surface area contributed by atoms with Crippen molar-refractivity contribution in [1.82, 2.24) is 14.9 Å². The molecule has 1 heterocycles. The molecule has 0 amide bonds. The van der Waals surface area contributed by atoms with Gasteiger partial charge in [-0.3, -0.25) is 0 Å². The van der Waals surface area contributed by atoms with Gasteiger partial charge in [0.25, 0.3) is 0 Å². The fraction of sp³-hybridized carbons (Fsp3) is 0.250. The monoisotopic (exact) mass is 598 g/mol. The summed E-state index contributed by atoms with van der Waals surface area (Å²) >= 11 is 11.4. The molecule has 0 aliphatic rings. The molecule has 0 bridgehead atoms. The third kappa shape index (κ3) is 7.60. The van der Waals surface area contributed by atoms with E-state index in [9.17, 15) is 0 Å². The molecule has 9 heteroatoms. The van der Waals surface area contributed by atoms with Gasteiger partial charge in [-0.1, -0.05) is 76.5 Å². The topological polar surface area (TPSA) is 61.5 Å². The van der Waals surface area contributed by atoms with Crippen molar-refractivity contribution in [3.8, 4) is 11.5 Å². The smallest absolute Gasteiger partial charge is 0.212 e. The van der Waals surface area contributed by atoms with Crippen molar-refractivity contribution in [3.63, 3.8) is 0 Å². The highest BCUT2D eigenvalue weighted by Crippen LogP contribution is 2.30. The molecule has 0 radical (unpaired) electrons. The van der Waals surface area contributed by atoms with Crippen LogP contribution in [0.4, 0.5) is 0 Å². The fourth-order valence-electron chi connectivity index (χ4n) is 3.50. The molecule has 0 spiro atoms. The van der Waals surface area contributed by atoms with Crippen LogP contribution >= 0.6 is 39.3 Å². The van der Waals surface area contributed by atoms with Gasteiger partial charge < -0.3 is 9.47 Å². The first kappa shape index (κ1) is 27.2. The van der Waals surface area contributed by atoms with Gasteiger partial charge in [-0.25, -0.2) is 0 Å². The Balaban J connectivity index is 1.52. The Bertz CT molecular complexity index is 1340. The van der Waals surface area contributed by atoms with Crippen LogP contribution in [0.2, 0.25) is 5.02 Å². The van der Waals surface area contributed by atoms with Gasteiger partial charge in [0.15, 0.2) is 17.3 Å². The Morgan fingerprint density at radius 3 is 2.57 bits per heavy atom. The number of ether oxygens (including phenoxy) is 2. The van der Waals surface area contributed by atoms with Gasteiger partial charge in [0.1, 0.15) is 6.61 Å². The van der Waals surface area contributed by atoms with Gasteiger partial charge in [-0.15, -0.1) is 10.2 Å². The lowest BCUT2D eigenvalue weighted by molar-refractivity contribution is 0.269. The van der Waals surface area contributed by atoms with Crippen LogP contribution < -0.4 is 9.47 Å². The van der Waals surface area contributed by atoms with E-state index in [-0.39, 0.29) is 0 Å². The maximum Gasteiger partial charge on any atom is 0.212 e. The summed E-state index contributed by atoms with van der Waals surface area (Å²) in [6.07, 6.45) is 3.55. The van der Waals surface area contributed by atoms with E-state index >= 15 is 0 Å². The largest absolute Gasteiger partial charge is 0.490 e. The van der Waals surface area contributed by atoms with Crippen LogP contribution in [-0.4, -0.2) is 27.7 Å². The van der Waals surface area contributed by atoms with E-state index in [0.717, 1.165) is 45.2 Å². The van der Waals surface area contributed by atoms with E-state index in [4.69, 9.17) is 26.2 Å². The van der Waals surface area contributed by atoms with Crippen LogP contribution in [0, 0.1) is 0 Å². The van der Waals surface area contributed by atoms with Gasteiger partial charge in [0.2, 0.25) is 5.16 Å². The quantitative estimate of drug-likeness (QED) is 0.123. The van der Waals surface area contributed by atoms with E-state index < -0.39 is 0 Å². The van der Waals surface area contributed by atoms with E-state index in [2.05, 4.69) is 45.2 Å². The molecule has 4 aromatic rings. The molecule has 37 heavy (non-hydrogen) atoms. The van der Waals surface area contributed by atoms with Gasteiger partial charge >= 0.3 is 0 Å². The normalized spacial score (nSPS) is 11.2. The standard InChI is InChI=1S/C28H28BrClN4O2S/c1-3-7-27-32-33-28(37-19-20-10-13-23(29)14-11-20)34(27)31-17-21-12-15-25(26(16-21)35-4-2)36-18-22-8-5-6-9-24(22)30/h5-6,8-17H,3-4,7,18-19H2,1-2H3/b31-17+. The summed E-state index contributed by atoms with van der Waals surface area (Å²) in [4.78, 5) is 0. The molecular formula is C28H28BrClN4O2S. The number of benzene rings is 3. The Hall–Kier alpha value is -2.81. The lowest BCUT2D eigenvalue weighted by atomic mass is 10.2. The Kier molecular flexibility index (Phi) is 10.0. The summed E-state index contributed by atoms with van der Waals surface area (Å²) in [6.45, 7) is 4.94. The number of aryl methyl sites for hydroxylation is 1. The van der Waals surface area contributed by atoms with E-state index in [1.54, 1.807) is 18.0 Å². The molecule has 6 nitrogen and oxygen atoms in total. The Labute approximate surface area is 235 Å². The zero-order valence-electron chi connectivity index (χ0n) is 20.7. The van der Waals surface area contributed by atoms with Crippen molar-refractivity contribution >= 4 is 45.5 Å². The van der Waals surface area contributed by atoms with E-state index in [0.29, 0.717) is 29.7 Å². The summed E-state index contributed by atoms with van der Waals surface area (Å²) in [5.74, 6) is 2.92. The van der Waals surface area contributed by atoms with Crippen molar-refractivity contribution in [2.24, 2.45) is 5.10 Å². The highest BCUT2D eigenvalue weighted by Gasteiger charge is 2.13. The number of hydrogen-bond acceptors (Lipinski definition) is 6. The highest BCUT2D eigenvalue weighted by molar-refractivity contribution is 9.10. The lowest BCUT2D eigenvalue weighted by Gasteiger charge is -2.13. The maximum atomic E-state index is 6.27. The molecule has 0 atom stereocenters. The zero-order chi connectivity index (χ0) is 26.0. The first-order chi connectivity index (χ1) is 18.1. The molecule has 0 fully saturated rings. The molecule has 1 aromatic heterocycles. The number of nitrogens with zero attached hydrogens (tertiary/aromatic N) is 4. The SMILES string of the molecule is CCCc1nnc(SCc2ccc(Br)cc2)n1/N=C/c1ccc(OCc2ccccc2Cl)c(OCC)c1. The second-order valence-electron chi connectivity index (χ2n) is 8.14. The Morgan fingerprint density at radius 2 is 1.81 bits per heavy atom. The van der Waals surface area contributed by atoms with Crippen LogP contribution in [-0.2, 0) is 18.8 Å². The third-order valence-electron chi connectivity index (χ3n) is 5.36. The van der Waals surface area contributed by atoms with Crippen LogP contribution in [0.3, 0.4) is 0 Å². The number of halogens is 2. The predicted molar refractivity (Wildman–Crippen MR) is 154 cm³/mol. The first-order valence-electron chi connectivity index (χ1n) is 12.1. The molecule has 3 aromatic carbocycles. The van der Waals surface area contributed by atoms with E-state index in [1.807, 2.05) is 66.2 Å². The molecule has 0 aliphatic carbocycles. The molecule has 192 valence electrons. The van der Waals surface area contributed by atoms with Crippen molar-refractivity contribution in [3.05, 3.63) is 98.7 Å². The second-order valence-corrected chi connectivity index (χ2v) is 10.4. The summed E-state index contributed by atoms with van der Waals surface area (Å²) in [7, 11) is 0. The molecule has 0 saturated heterocycles. The minimum atomic E-state index is 0.354. The second kappa shape index (κ2) is 13.7. The molecule has 0 aliphatic heterocycles. The van der Waals surface area contributed by atoms with Crippen LogP contribution in [0.5, 0.6) is 11.5 Å². The molecular weight excluding hydrogens is 572 g/mol. The van der Waals surface area contributed by atoms with Crippen molar-refractivity contribution < 1.29 is 9.47 Å². The number of aromatic nitrogens is 3. The summed E-state index contributed by atoms with van der Waals surface area (Å²) in [6, 6.07) is 21.7. The zero-order valence-corrected chi connectivity index (χ0v) is 23.9. The third-order valence-corrected chi connectivity index (χ3v) is 7.25. The van der Waals surface area contributed by atoms with Crippen LogP contribution in [0.25, 0.3) is 0 Å². The number of hydrogen-bond donors (Lipinski definition) is 0. The molecule has 4 rings (SSSR count). The number of thioether (sulfide) groups is 1. The lowest BCUT2D eigenvalue weighted by Crippen LogP contribution is -2.02. The van der Waals surface area contributed by atoms with Crippen LogP contribution in [0.1, 0.15) is 42.8 Å². The first-order valence-corrected chi connectivity index (χ1v) is 14.2. The Morgan fingerprint density at radius 1 is 1.00 bits per heavy atom. The summed E-state index contributed by atoms with van der Waals surface area (Å²) in [5, 5.41) is 15.0. The van der Waals surface area contributed by atoms with Crippen LogP contribution in [0.15, 0.2) is 81.5 Å². The van der Waals surface area contributed by atoms with E-state index in [1.165, 1.54) is 5.56 Å². The average Bonchev–Trinajstić information content (AvgIpc) is 3.29.